The minimum atomic E-state index is -3.26. The Bertz CT molecular complexity index is 726. The highest BCUT2D eigenvalue weighted by atomic mass is 35.5. The van der Waals surface area contributed by atoms with E-state index in [-0.39, 0.29) is 10.9 Å². The lowest BCUT2D eigenvalue weighted by Gasteiger charge is -2.16. The molecule has 0 aliphatic rings. The molecule has 0 saturated carbocycles. The van der Waals surface area contributed by atoms with Gasteiger partial charge in [-0.25, -0.2) is 8.42 Å². The minimum absolute atomic E-state index is 0.0222. The van der Waals surface area contributed by atoms with Crippen LogP contribution in [0.4, 0.5) is 5.69 Å². The number of anilines is 1. The Hall–Kier alpha value is -0.750. The Morgan fingerprint density at radius 3 is 2.50 bits per heavy atom. The molecule has 3 nitrogen and oxygen atoms in total. The smallest absolute Gasteiger partial charge is 0.175 e. The number of sulfone groups is 1. The van der Waals surface area contributed by atoms with Crippen LogP contribution in [-0.2, 0) is 9.84 Å². The summed E-state index contributed by atoms with van der Waals surface area (Å²) in [5, 5.41) is 5.63. The Kier molecular flexibility index (Phi) is 4.64. The van der Waals surface area contributed by atoms with Crippen molar-refractivity contribution in [2.24, 2.45) is 0 Å². The second-order valence-electron chi connectivity index (χ2n) is 4.46. The third-order valence-electron chi connectivity index (χ3n) is 2.83. The van der Waals surface area contributed by atoms with Gasteiger partial charge in [0.2, 0.25) is 0 Å². The highest BCUT2D eigenvalue weighted by molar-refractivity contribution is 7.90. The van der Waals surface area contributed by atoms with Crippen LogP contribution in [0, 0.1) is 0 Å². The quantitative estimate of drug-likeness (QED) is 0.874. The molecule has 0 aliphatic carbocycles. The first-order valence-corrected chi connectivity index (χ1v) is 9.30. The number of rotatable bonds is 4. The van der Waals surface area contributed by atoms with Crippen LogP contribution in [0.25, 0.3) is 0 Å². The molecule has 0 radical (unpaired) electrons. The average molecular weight is 350 g/mol. The molecule has 0 fully saturated rings. The molecule has 1 aromatic heterocycles. The second kappa shape index (κ2) is 5.93. The lowest BCUT2D eigenvalue weighted by atomic mass is 10.1. The van der Waals surface area contributed by atoms with Gasteiger partial charge in [-0.05, 0) is 42.1 Å². The minimum Gasteiger partial charge on any atom is -0.377 e. The number of hydrogen-bond acceptors (Lipinski definition) is 4. The summed E-state index contributed by atoms with van der Waals surface area (Å²) in [6.45, 7) is 1.96. The van der Waals surface area contributed by atoms with E-state index in [4.69, 9.17) is 23.2 Å². The van der Waals surface area contributed by atoms with Gasteiger partial charge < -0.3 is 5.32 Å². The van der Waals surface area contributed by atoms with Crippen LogP contribution >= 0.6 is 34.5 Å². The largest absolute Gasteiger partial charge is 0.377 e. The van der Waals surface area contributed by atoms with Crippen molar-refractivity contribution < 1.29 is 8.42 Å². The van der Waals surface area contributed by atoms with Crippen molar-refractivity contribution in [3.8, 4) is 0 Å². The molecule has 0 saturated heterocycles. The van der Waals surface area contributed by atoms with Crippen molar-refractivity contribution in [1.82, 2.24) is 0 Å². The summed E-state index contributed by atoms with van der Waals surface area (Å²) in [6.07, 6.45) is 1.17. The zero-order valence-electron chi connectivity index (χ0n) is 10.9. The molecule has 20 heavy (non-hydrogen) atoms. The van der Waals surface area contributed by atoms with Crippen molar-refractivity contribution in [3.05, 3.63) is 44.6 Å². The summed E-state index contributed by atoms with van der Waals surface area (Å²) in [5.41, 5.74) is 1.62. The third-order valence-corrected chi connectivity index (χ3v) is 5.37. The normalized spacial score (nSPS) is 13.2. The summed E-state index contributed by atoms with van der Waals surface area (Å²) in [5.74, 6) is 0. The zero-order valence-corrected chi connectivity index (χ0v) is 14.0. The molecule has 0 amide bonds. The highest BCUT2D eigenvalue weighted by Gasteiger charge is 2.13. The van der Waals surface area contributed by atoms with Gasteiger partial charge in [-0.1, -0.05) is 23.2 Å². The number of halogens is 2. The lowest BCUT2D eigenvalue weighted by Crippen LogP contribution is -2.07. The van der Waals surface area contributed by atoms with Crippen molar-refractivity contribution >= 4 is 50.1 Å². The molecule has 1 N–H and O–H groups in total. The monoisotopic (exact) mass is 349 g/mol. The van der Waals surface area contributed by atoms with E-state index in [0.717, 1.165) is 5.56 Å². The van der Waals surface area contributed by atoms with E-state index in [0.29, 0.717) is 15.0 Å². The summed E-state index contributed by atoms with van der Waals surface area (Å²) >= 11 is 13.5. The van der Waals surface area contributed by atoms with Gasteiger partial charge in [0, 0.05) is 12.3 Å². The molecule has 1 heterocycles. The second-order valence-corrected chi connectivity index (χ2v) is 8.43. The molecule has 1 atom stereocenters. The van der Waals surface area contributed by atoms with Gasteiger partial charge in [-0.2, -0.15) is 0 Å². The number of nitrogens with one attached hydrogen (secondary N) is 1. The van der Waals surface area contributed by atoms with Gasteiger partial charge >= 0.3 is 0 Å². The van der Waals surface area contributed by atoms with Crippen LogP contribution < -0.4 is 5.32 Å². The van der Waals surface area contributed by atoms with Crippen LogP contribution in [0.5, 0.6) is 0 Å². The predicted octanol–water partition coefficient (Wildman–Crippen LogP) is 4.63. The van der Waals surface area contributed by atoms with Gasteiger partial charge in [0.25, 0.3) is 0 Å². The fourth-order valence-electron chi connectivity index (χ4n) is 1.71. The fraction of sp³-hybridized carbons (Fsp3) is 0.231. The average Bonchev–Trinajstić information content (AvgIpc) is 2.77. The predicted molar refractivity (Wildman–Crippen MR) is 85.9 cm³/mol. The standard InChI is InChI=1S/C13H13Cl2NO2S2/c1-8(9-5-13(15)19-7-9)16-12-6-10(20(2,17)18)3-4-11(12)14/h3-8,16H,1-2H3. The molecule has 0 spiro atoms. The summed E-state index contributed by atoms with van der Waals surface area (Å²) in [4.78, 5) is 0.236. The van der Waals surface area contributed by atoms with Crippen molar-refractivity contribution in [1.29, 1.82) is 0 Å². The van der Waals surface area contributed by atoms with Gasteiger partial charge in [0.1, 0.15) is 0 Å². The van der Waals surface area contributed by atoms with E-state index >= 15 is 0 Å². The van der Waals surface area contributed by atoms with Crippen LogP contribution in [0.1, 0.15) is 18.5 Å². The van der Waals surface area contributed by atoms with E-state index in [9.17, 15) is 8.42 Å². The molecule has 1 aromatic carbocycles. The molecule has 2 aromatic rings. The van der Waals surface area contributed by atoms with Gasteiger partial charge in [-0.3, -0.25) is 0 Å². The van der Waals surface area contributed by atoms with E-state index in [1.807, 2.05) is 18.4 Å². The van der Waals surface area contributed by atoms with Crippen LogP contribution in [0.15, 0.2) is 34.5 Å². The maximum Gasteiger partial charge on any atom is 0.175 e. The van der Waals surface area contributed by atoms with Crippen LogP contribution in [0.3, 0.4) is 0 Å². The molecule has 7 heteroatoms. The molecular formula is C13H13Cl2NO2S2. The molecule has 0 aliphatic heterocycles. The molecule has 0 bridgehead atoms. The maximum atomic E-state index is 11.6. The third kappa shape index (κ3) is 3.67. The molecule has 2 rings (SSSR count). The van der Waals surface area contributed by atoms with E-state index in [1.165, 1.54) is 23.7 Å². The SMILES string of the molecule is CC(Nc1cc(S(C)(=O)=O)ccc1Cl)c1csc(Cl)c1. The van der Waals surface area contributed by atoms with Crippen molar-refractivity contribution in [3.63, 3.8) is 0 Å². The number of benzene rings is 1. The molecule has 1 unspecified atom stereocenters. The first kappa shape index (κ1) is 15.6. The number of thiophene rings is 1. The Morgan fingerprint density at radius 2 is 1.95 bits per heavy atom. The maximum absolute atomic E-state index is 11.6. The van der Waals surface area contributed by atoms with Gasteiger partial charge in [0.15, 0.2) is 9.84 Å². The Morgan fingerprint density at radius 1 is 1.25 bits per heavy atom. The first-order chi connectivity index (χ1) is 9.27. The lowest BCUT2D eigenvalue weighted by molar-refractivity contribution is 0.602. The van der Waals surface area contributed by atoms with Crippen LogP contribution in [0.2, 0.25) is 9.36 Å². The molecule has 108 valence electrons. The fourth-order valence-corrected chi connectivity index (χ4v) is 3.52. The Balaban J connectivity index is 2.29. The topological polar surface area (TPSA) is 46.2 Å². The van der Waals surface area contributed by atoms with Crippen molar-refractivity contribution in [2.45, 2.75) is 17.9 Å². The summed E-state index contributed by atoms with van der Waals surface area (Å²) in [6, 6.07) is 6.47. The van der Waals surface area contributed by atoms with E-state index in [1.54, 1.807) is 12.1 Å². The highest BCUT2D eigenvalue weighted by Crippen LogP contribution is 2.31. The zero-order chi connectivity index (χ0) is 14.9. The van der Waals surface area contributed by atoms with Crippen LogP contribution in [-0.4, -0.2) is 14.7 Å². The van der Waals surface area contributed by atoms with Gasteiger partial charge in [-0.15, -0.1) is 11.3 Å². The van der Waals surface area contributed by atoms with E-state index < -0.39 is 9.84 Å². The molecular weight excluding hydrogens is 337 g/mol. The van der Waals surface area contributed by atoms with Crippen molar-refractivity contribution in [2.75, 3.05) is 11.6 Å². The first-order valence-electron chi connectivity index (χ1n) is 5.77. The number of hydrogen-bond donors (Lipinski definition) is 1. The Labute approximate surface area is 132 Å². The van der Waals surface area contributed by atoms with Gasteiger partial charge in [0.05, 0.1) is 19.9 Å². The summed E-state index contributed by atoms with van der Waals surface area (Å²) in [7, 11) is -3.26. The van der Waals surface area contributed by atoms with E-state index in [2.05, 4.69) is 5.32 Å². The summed E-state index contributed by atoms with van der Waals surface area (Å²) < 4.78 is 23.9.